The van der Waals surface area contributed by atoms with Gasteiger partial charge in [-0.25, -0.2) is 14.0 Å². The summed E-state index contributed by atoms with van der Waals surface area (Å²) in [5.41, 5.74) is 3.17. The largest absolute Gasteiger partial charge is 0.462 e. The van der Waals surface area contributed by atoms with E-state index >= 15 is 0 Å². The molecule has 0 saturated heterocycles. The third-order valence-electron chi connectivity index (χ3n) is 4.66. The molecule has 0 aliphatic heterocycles. The molecule has 0 N–H and O–H groups in total. The van der Waals surface area contributed by atoms with E-state index in [9.17, 15) is 14.0 Å². The number of hydrogen-bond donors (Lipinski definition) is 0. The molecule has 0 unspecified atom stereocenters. The number of carbonyl (C=O) groups excluding carboxylic acids is 2. The molecular formula is C28H23FO5. The van der Waals surface area contributed by atoms with Gasteiger partial charge in [-0.15, -0.1) is 0 Å². The number of benzene rings is 3. The average molecular weight is 458 g/mol. The summed E-state index contributed by atoms with van der Waals surface area (Å²) >= 11 is 0. The standard InChI is InChI=1S/C28H23FO5/c1-18(2)27(30)33-16-15-32-23-10-5-20(6-11-23)22-9-14-25(26(29)17-22)21-7-12-24(13-8-21)34-28(31)19(3)4/h5-17H,1,3H2,2,4H3/b16-15-. The first-order valence-corrected chi connectivity index (χ1v) is 10.3. The van der Waals surface area contributed by atoms with Crippen LogP contribution >= 0.6 is 0 Å². The summed E-state index contributed by atoms with van der Waals surface area (Å²) in [4.78, 5) is 22.9. The SMILES string of the molecule is C=C(C)C(=O)O/C=C\Oc1ccc(-c2ccc(-c3ccc(OC(=O)C(=C)C)cc3)c(F)c2)cc1. The van der Waals surface area contributed by atoms with Crippen molar-refractivity contribution in [3.63, 3.8) is 0 Å². The van der Waals surface area contributed by atoms with Gasteiger partial charge in [-0.2, -0.15) is 0 Å². The number of ether oxygens (including phenoxy) is 3. The van der Waals surface area contributed by atoms with Crippen LogP contribution in [0.3, 0.4) is 0 Å². The number of halogens is 1. The molecule has 0 amide bonds. The van der Waals surface area contributed by atoms with Crippen LogP contribution in [0, 0.1) is 5.82 Å². The first kappa shape index (κ1) is 24.2. The Morgan fingerprint density at radius 3 is 1.88 bits per heavy atom. The van der Waals surface area contributed by atoms with E-state index in [1.165, 1.54) is 12.3 Å². The van der Waals surface area contributed by atoms with Crippen molar-refractivity contribution in [2.45, 2.75) is 13.8 Å². The molecule has 0 aliphatic rings. The average Bonchev–Trinajstić information content (AvgIpc) is 2.82. The van der Waals surface area contributed by atoms with E-state index in [0.717, 1.165) is 11.8 Å². The fourth-order valence-electron chi connectivity index (χ4n) is 2.85. The van der Waals surface area contributed by atoms with Gasteiger partial charge < -0.3 is 14.2 Å². The van der Waals surface area contributed by atoms with Gasteiger partial charge in [0.15, 0.2) is 0 Å². The number of rotatable bonds is 8. The van der Waals surface area contributed by atoms with E-state index < -0.39 is 11.9 Å². The predicted octanol–water partition coefficient (Wildman–Crippen LogP) is 6.61. The van der Waals surface area contributed by atoms with Crippen molar-refractivity contribution in [1.82, 2.24) is 0 Å². The smallest absolute Gasteiger partial charge is 0.338 e. The Hall–Kier alpha value is -4.45. The van der Waals surface area contributed by atoms with E-state index in [4.69, 9.17) is 14.2 Å². The molecule has 0 bridgehead atoms. The van der Waals surface area contributed by atoms with Crippen molar-refractivity contribution >= 4 is 11.9 Å². The topological polar surface area (TPSA) is 61.8 Å². The second-order valence-electron chi connectivity index (χ2n) is 7.49. The van der Waals surface area contributed by atoms with Crippen molar-refractivity contribution < 1.29 is 28.2 Å². The highest BCUT2D eigenvalue weighted by Gasteiger charge is 2.10. The van der Waals surface area contributed by atoms with Crippen molar-refractivity contribution in [1.29, 1.82) is 0 Å². The minimum absolute atomic E-state index is 0.286. The Morgan fingerprint density at radius 2 is 1.29 bits per heavy atom. The van der Waals surface area contributed by atoms with Crippen LogP contribution in [-0.4, -0.2) is 11.9 Å². The first-order chi connectivity index (χ1) is 16.2. The fraction of sp³-hybridized carbons (Fsp3) is 0.0714. The summed E-state index contributed by atoms with van der Waals surface area (Å²) in [5.74, 6) is -0.549. The zero-order chi connectivity index (χ0) is 24.7. The molecule has 0 fully saturated rings. The lowest BCUT2D eigenvalue weighted by molar-refractivity contribution is -0.133. The van der Waals surface area contributed by atoms with Crippen LogP contribution in [0.25, 0.3) is 22.3 Å². The van der Waals surface area contributed by atoms with Crippen molar-refractivity contribution in [3.05, 3.63) is 109 Å². The van der Waals surface area contributed by atoms with Gasteiger partial charge in [0.25, 0.3) is 0 Å². The summed E-state index contributed by atoms with van der Waals surface area (Å²) < 4.78 is 30.2. The monoisotopic (exact) mass is 458 g/mol. The molecule has 0 saturated carbocycles. The van der Waals surface area contributed by atoms with Crippen molar-refractivity contribution in [2.24, 2.45) is 0 Å². The fourth-order valence-corrected chi connectivity index (χ4v) is 2.85. The minimum atomic E-state index is -0.539. The molecule has 34 heavy (non-hydrogen) atoms. The predicted molar refractivity (Wildman–Crippen MR) is 128 cm³/mol. The summed E-state index contributed by atoms with van der Waals surface area (Å²) in [6, 6.07) is 18.6. The maximum atomic E-state index is 14.9. The number of esters is 2. The molecule has 172 valence electrons. The lowest BCUT2D eigenvalue weighted by Gasteiger charge is -2.09. The molecule has 0 radical (unpaired) electrons. The molecule has 0 atom stereocenters. The maximum Gasteiger partial charge on any atom is 0.338 e. The normalized spacial score (nSPS) is 10.6. The van der Waals surface area contributed by atoms with Crippen LogP contribution in [-0.2, 0) is 14.3 Å². The van der Waals surface area contributed by atoms with Crippen molar-refractivity contribution in [3.8, 4) is 33.8 Å². The summed E-state index contributed by atoms with van der Waals surface area (Å²) in [5, 5.41) is 0. The summed E-state index contributed by atoms with van der Waals surface area (Å²) in [6.45, 7) is 10.1. The highest BCUT2D eigenvalue weighted by molar-refractivity contribution is 5.89. The first-order valence-electron chi connectivity index (χ1n) is 10.3. The van der Waals surface area contributed by atoms with Crippen molar-refractivity contribution in [2.75, 3.05) is 0 Å². The molecule has 3 aromatic carbocycles. The second-order valence-corrected chi connectivity index (χ2v) is 7.49. The van der Waals surface area contributed by atoms with Crippen LogP contribution in [0.15, 0.2) is 104 Å². The van der Waals surface area contributed by atoms with E-state index in [2.05, 4.69) is 13.2 Å². The Balaban J connectivity index is 1.67. The zero-order valence-electron chi connectivity index (χ0n) is 18.8. The molecule has 0 aromatic heterocycles. The lowest BCUT2D eigenvalue weighted by Crippen LogP contribution is -2.07. The van der Waals surface area contributed by atoms with Gasteiger partial charge in [-0.3, -0.25) is 0 Å². The van der Waals surface area contributed by atoms with Crippen LogP contribution in [0.1, 0.15) is 13.8 Å². The van der Waals surface area contributed by atoms with Crippen LogP contribution in [0.4, 0.5) is 4.39 Å². The van der Waals surface area contributed by atoms with Gasteiger partial charge in [0.2, 0.25) is 0 Å². The Bertz CT molecular complexity index is 1250. The molecule has 3 rings (SSSR count). The third kappa shape index (κ3) is 6.29. The Labute approximate surface area is 197 Å². The number of carbonyl (C=O) groups is 2. The van der Waals surface area contributed by atoms with E-state index in [1.807, 2.05) is 6.07 Å². The molecule has 0 spiro atoms. The van der Waals surface area contributed by atoms with Gasteiger partial charge in [0.1, 0.15) is 29.8 Å². The molecule has 3 aromatic rings. The third-order valence-corrected chi connectivity index (χ3v) is 4.66. The maximum absolute atomic E-state index is 14.9. The summed E-state index contributed by atoms with van der Waals surface area (Å²) in [6.07, 6.45) is 2.38. The van der Waals surface area contributed by atoms with E-state index in [-0.39, 0.29) is 11.4 Å². The second kappa shape index (κ2) is 10.9. The molecule has 0 aliphatic carbocycles. The molecular weight excluding hydrogens is 435 g/mol. The van der Waals surface area contributed by atoms with E-state index in [0.29, 0.717) is 33.8 Å². The van der Waals surface area contributed by atoms with Gasteiger partial charge in [-0.05, 0) is 60.9 Å². The van der Waals surface area contributed by atoms with Gasteiger partial charge >= 0.3 is 11.9 Å². The Kier molecular flexibility index (Phi) is 7.77. The zero-order valence-corrected chi connectivity index (χ0v) is 18.8. The van der Waals surface area contributed by atoms with Gasteiger partial charge in [-0.1, -0.05) is 49.6 Å². The number of hydrogen-bond acceptors (Lipinski definition) is 5. The molecule has 6 heteroatoms. The molecule has 5 nitrogen and oxygen atoms in total. The lowest BCUT2D eigenvalue weighted by atomic mass is 9.99. The van der Waals surface area contributed by atoms with Crippen LogP contribution in [0.2, 0.25) is 0 Å². The van der Waals surface area contributed by atoms with E-state index in [1.54, 1.807) is 68.4 Å². The van der Waals surface area contributed by atoms with Gasteiger partial charge in [0, 0.05) is 16.7 Å². The quantitative estimate of drug-likeness (QED) is 0.164. The minimum Gasteiger partial charge on any atom is -0.462 e. The molecule has 0 heterocycles. The van der Waals surface area contributed by atoms with Crippen LogP contribution in [0.5, 0.6) is 11.5 Å². The summed E-state index contributed by atoms with van der Waals surface area (Å²) in [7, 11) is 0. The highest BCUT2D eigenvalue weighted by atomic mass is 19.1. The van der Waals surface area contributed by atoms with Gasteiger partial charge in [0.05, 0.1) is 0 Å². The highest BCUT2D eigenvalue weighted by Crippen LogP contribution is 2.30. The Morgan fingerprint density at radius 1 is 0.735 bits per heavy atom. The van der Waals surface area contributed by atoms with Crippen LogP contribution < -0.4 is 9.47 Å².